The van der Waals surface area contributed by atoms with Crippen LogP contribution in [0.5, 0.6) is 5.75 Å². The summed E-state index contributed by atoms with van der Waals surface area (Å²) in [6, 6.07) is 17.1. The average molecular weight is 398 g/mol. The maximum absolute atomic E-state index is 12.9. The second-order valence-electron chi connectivity index (χ2n) is 6.15. The molecule has 0 saturated carbocycles. The Labute approximate surface area is 168 Å². The molecule has 0 fully saturated rings. The Morgan fingerprint density at radius 3 is 2.54 bits per heavy atom. The van der Waals surface area contributed by atoms with Crippen LogP contribution in [0.3, 0.4) is 0 Å². The molecular weight excluding hydrogens is 374 g/mol. The lowest BCUT2D eigenvalue weighted by atomic mass is 10.1. The molecule has 0 unspecified atom stereocenters. The number of carbonyl (C=O) groups excluding carboxylic acids is 1. The highest BCUT2D eigenvalue weighted by atomic mass is 32.1. The van der Waals surface area contributed by atoms with Gasteiger partial charge in [0.05, 0.1) is 31.1 Å². The van der Waals surface area contributed by atoms with E-state index in [1.807, 2.05) is 61.5 Å². The third-order valence-electron chi connectivity index (χ3n) is 4.19. The van der Waals surface area contributed by atoms with Crippen molar-refractivity contribution in [1.29, 1.82) is 0 Å². The number of anilines is 2. The minimum atomic E-state index is -0.231. The predicted molar refractivity (Wildman–Crippen MR) is 112 cm³/mol. The molecule has 1 atom stereocenters. The van der Waals surface area contributed by atoms with E-state index in [1.165, 1.54) is 11.3 Å². The van der Waals surface area contributed by atoms with Crippen LogP contribution in [0.25, 0.3) is 0 Å². The molecule has 0 saturated heterocycles. The van der Waals surface area contributed by atoms with Crippen LogP contribution in [0.15, 0.2) is 54.6 Å². The Hall–Kier alpha value is -2.90. The van der Waals surface area contributed by atoms with Crippen LogP contribution in [-0.2, 0) is 4.74 Å². The van der Waals surface area contributed by atoms with Gasteiger partial charge in [-0.1, -0.05) is 53.8 Å². The van der Waals surface area contributed by atoms with Crippen LogP contribution in [-0.4, -0.2) is 31.7 Å². The molecule has 0 spiro atoms. The fraction of sp³-hybridized carbons (Fsp3) is 0.238. The lowest BCUT2D eigenvalue weighted by Gasteiger charge is -2.18. The number of thiazole rings is 1. The summed E-state index contributed by atoms with van der Waals surface area (Å²) in [5.41, 5.74) is 2.46. The molecule has 3 rings (SSSR count). The maximum atomic E-state index is 12.9. The number of carbonyl (C=O) groups is 1. The number of aromatic nitrogens is 1. The third kappa shape index (κ3) is 4.68. The summed E-state index contributed by atoms with van der Waals surface area (Å²) in [7, 11) is 3.24. The Bertz CT molecular complexity index is 928. The van der Waals surface area contributed by atoms with E-state index >= 15 is 0 Å². The van der Waals surface area contributed by atoms with Crippen LogP contribution in [0.1, 0.15) is 27.0 Å². The fourth-order valence-electron chi connectivity index (χ4n) is 2.82. The van der Waals surface area contributed by atoms with E-state index in [-0.39, 0.29) is 11.9 Å². The zero-order valence-corrected chi connectivity index (χ0v) is 16.9. The predicted octanol–water partition coefficient (Wildman–Crippen LogP) is 4.32. The smallest absolute Gasteiger partial charge is 0.263 e. The van der Waals surface area contributed by atoms with Gasteiger partial charge in [0, 0.05) is 7.11 Å². The molecule has 0 aliphatic carbocycles. The van der Waals surface area contributed by atoms with Crippen LogP contribution in [0, 0.1) is 6.92 Å². The van der Waals surface area contributed by atoms with Gasteiger partial charge in [0.1, 0.15) is 10.6 Å². The number of benzene rings is 2. The molecule has 7 heteroatoms. The van der Waals surface area contributed by atoms with Gasteiger partial charge in [0.2, 0.25) is 0 Å². The zero-order valence-electron chi connectivity index (χ0n) is 16.1. The number of hydrogen-bond donors (Lipinski definition) is 2. The average Bonchev–Trinajstić information content (AvgIpc) is 3.09. The molecule has 6 nitrogen and oxygen atoms in total. The number of nitrogens with one attached hydrogen (secondary N) is 2. The highest BCUT2D eigenvalue weighted by Crippen LogP contribution is 2.31. The Morgan fingerprint density at radius 1 is 1.11 bits per heavy atom. The van der Waals surface area contributed by atoms with Gasteiger partial charge >= 0.3 is 0 Å². The minimum absolute atomic E-state index is 0.172. The molecule has 1 aromatic heterocycles. The molecule has 0 radical (unpaired) electrons. The monoisotopic (exact) mass is 397 g/mol. The van der Waals surface area contributed by atoms with E-state index in [1.54, 1.807) is 14.2 Å². The van der Waals surface area contributed by atoms with Crippen molar-refractivity contribution in [3.05, 3.63) is 70.7 Å². The van der Waals surface area contributed by atoms with E-state index in [0.29, 0.717) is 28.1 Å². The molecule has 146 valence electrons. The minimum Gasteiger partial charge on any atom is -0.495 e. The first-order chi connectivity index (χ1) is 13.6. The van der Waals surface area contributed by atoms with Gasteiger partial charge in [0.25, 0.3) is 5.91 Å². The SMILES string of the molecule is COC[C@@H](NC(=O)c1sc(Nc2ccccc2OC)nc1C)c1ccccc1. The lowest BCUT2D eigenvalue weighted by molar-refractivity contribution is 0.0900. The number of amides is 1. The first-order valence-electron chi connectivity index (χ1n) is 8.84. The van der Waals surface area contributed by atoms with Gasteiger partial charge in [-0.25, -0.2) is 4.98 Å². The Balaban J connectivity index is 1.77. The van der Waals surface area contributed by atoms with E-state index in [0.717, 1.165) is 11.3 Å². The summed E-state index contributed by atoms with van der Waals surface area (Å²) in [6.07, 6.45) is 0. The van der Waals surface area contributed by atoms with Crippen LogP contribution >= 0.6 is 11.3 Å². The highest BCUT2D eigenvalue weighted by molar-refractivity contribution is 7.17. The Morgan fingerprint density at radius 2 is 1.82 bits per heavy atom. The highest BCUT2D eigenvalue weighted by Gasteiger charge is 2.20. The molecule has 28 heavy (non-hydrogen) atoms. The summed E-state index contributed by atoms with van der Waals surface area (Å²) >= 11 is 1.31. The molecule has 2 aromatic carbocycles. The number of nitrogens with zero attached hydrogens (tertiary/aromatic N) is 1. The molecule has 0 aliphatic heterocycles. The first-order valence-corrected chi connectivity index (χ1v) is 9.66. The number of rotatable bonds is 8. The van der Waals surface area contributed by atoms with Crippen LogP contribution < -0.4 is 15.4 Å². The maximum Gasteiger partial charge on any atom is 0.263 e. The summed E-state index contributed by atoms with van der Waals surface area (Å²) < 4.78 is 10.6. The van der Waals surface area contributed by atoms with E-state index in [2.05, 4.69) is 15.6 Å². The van der Waals surface area contributed by atoms with Crippen molar-refractivity contribution in [3.8, 4) is 5.75 Å². The second kappa shape index (κ2) is 9.34. The summed E-state index contributed by atoms with van der Waals surface area (Å²) in [5, 5.41) is 6.91. The van der Waals surface area contributed by atoms with Gasteiger partial charge < -0.3 is 20.1 Å². The molecule has 0 bridgehead atoms. The summed E-state index contributed by atoms with van der Waals surface area (Å²) in [4.78, 5) is 17.9. The largest absolute Gasteiger partial charge is 0.495 e. The lowest BCUT2D eigenvalue weighted by Crippen LogP contribution is -2.31. The van der Waals surface area contributed by atoms with E-state index < -0.39 is 0 Å². The van der Waals surface area contributed by atoms with Gasteiger partial charge in [-0.05, 0) is 24.6 Å². The van der Waals surface area contributed by atoms with Crippen molar-refractivity contribution < 1.29 is 14.3 Å². The van der Waals surface area contributed by atoms with Crippen LogP contribution in [0.4, 0.5) is 10.8 Å². The van der Waals surface area contributed by atoms with Crippen molar-refractivity contribution in [2.45, 2.75) is 13.0 Å². The second-order valence-corrected chi connectivity index (χ2v) is 7.15. The van der Waals surface area contributed by atoms with Crippen LogP contribution in [0.2, 0.25) is 0 Å². The number of hydrogen-bond acceptors (Lipinski definition) is 6. The number of para-hydroxylation sites is 2. The van der Waals surface area contributed by atoms with Gasteiger partial charge in [-0.2, -0.15) is 0 Å². The van der Waals surface area contributed by atoms with Crippen molar-refractivity contribution in [2.75, 3.05) is 26.1 Å². The van der Waals surface area contributed by atoms with Crippen molar-refractivity contribution in [2.24, 2.45) is 0 Å². The van der Waals surface area contributed by atoms with E-state index in [9.17, 15) is 4.79 Å². The molecule has 2 N–H and O–H groups in total. The number of methoxy groups -OCH3 is 2. The van der Waals surface area contributed by atoms with Gasteiger partial charge in [-0.15, -0.1) is 0 Å². The Kier molecular flexibility index (Phi) is 6.62. The number of aryl methyl sites for hydroxylation is 1. The number of ether oxygens (including phenoxy) is 2. The van der Waals surface area contributed by atoms with Crippen molar-refractivity contribution >= 4 is 28.1 Å². The van der Waals surface area contributed by atoms with Crippen molar-refractivity contribution in [3.63, 3.8) is 0 Å². The quantitative estimate of drug-likeness (QED) is 0.592. The van der Waals surface area contributed by atoms with Crippen molar-refractivity contribution in [1.82, 2.24) is 10.3 Å². The molecule has 1 heterocycles. The summed E-state index contributed by atoms with van der Waals surface area (Å²) in [5.74, 6) is 0.541. The summed E-state index contributed by atoms with van der Waals surface area (Å²) in [6.45, 7) is 2.21. The molecule has 1 amide bonds. The normalized spacial score (nSPS) is 11.7. The van der Waals surface area contributed by atoms with Gasteiger partial charge in [0.15, 0.2) is 5.13 Å². The first kappa shape index (κ1) is 19.9. The molecule has 3 aromatic rings. The topological polar surface area (TPSA) is 72.5 Å². The van der Waals surface area contributed by atoms with E-state index in [4.69, 9.17) is 9.47 Å². The zero-order chi connectivity index (χ0) is 19.9. The standard InChI is InChI=1S/C21H23N3O3S/c1-14-19(20(25)23-17(13-26-2)15-9-5-4-6-10-15)28-21(22-14)24-16-11-7-8-12-18(16)27-3/h4-12,17H,13H2,1-3H3,(H,22,24)(H,23,25)/t17-/m1/s1. The molecular formula is C21H23N3O3S. The fourth-order valence-corrected chi connectivity index (χ4v) is 3.70. The van der Waals surface area contributed by atoms with Gasteiger partial charge in [-0.3, -0.25) is 4.79 Å². The third-order valence-corrected chi connectivity index (χ3v) is 5.26. The molecule has 0 aliphatic rings.